The van der Waals surface area contributed by atoms with Gasteiger partial charge in [0.1, 0.15) is 24.0 Å². The minimum Gasteiger partial charge on any atom is -0.375 e. The summed E-state index contributed by atoms with van der Waals surface area (Å²) in [4.78, 5) is 25.5. The number of nitrogens with one attached hydrogen (secondary N) is 1. The molecule has 36 heavy (non-hydrogen) atoms. The molecule has 4 rings (SSSR count). The minimum absolute atomic E-state index is 0.00308. The molecule has 2 saturated carbocycles. The number of amides is 1. The number of Topliss-reactive ketones (excluding diaryl/α,β-unsaturated/α-hetero) is 1. The lowest BCUT2D eigenvalue weighted by Crippen LogP contribution is -2.33. The van der Waals surface area contributed by atoms with Crippen LogP contribution in [0.25, 0.3) is 0 Å². The maximum absolute atomic E-state index is 13.3. The Kier molecular flexibility index (Phi) is 8.60. The Bertz CT molecular complexity index is 1070. The van der Waals surface area contributed by atoms with E-state index in [-0.39, 0.29) is 24.2 Å². The number of ketones is 1. The molecule has 1 amide bonds. The third-order valence-corrected chi connectivity index (χ3v) is 7.61. The van der Waals surface area contributed by atoms with E-state index in [0.29, 0.717) is 31.3 Å². The molecule has 1 atom stereocenters. The van der Waals surface area contributed by atoms with Gasteiger partial charge in [-0.2, -0.15) is 0 Å². The molecule has 2 aliphatic carbocycles. The fourth-order valence-corrected chi connectivity index (χ4v) is 5.66. The quantitative estimate of drug-likeness (QED) is 0.432. The molecule has 1 aromatic carbocycles. The molecule has 2 aromatic rings. The standard InChI is InChI=1S/C29H42N4O3/c1-18(2)10-21-12-23(13-21)28-31-32-29(33(28)25-8-9-25)24(16-30-27(35)17-36-5)15-26(34)14-22-7-6-19(3)11-20(22)4/h6-7,11,18,21,23-25H,8-10,12-17H2,1-5H3,(H,30,35)/t21?,23?,24-/m1/s1. The summed E-state index contributed by atoms with van der Waals surface area (Å²) in [5, 5.41) is 12.3. The third kappa shape index (κ3) is 6.61. The first-order valence-electron chi connectivity index (χ1n) is 13.5. The van der Waals surface area contributed by atoms with Crippen molar-refractivity contribution in [3.05, 3.63) is 46.5 Å². The number of benzene rings is 1. The van der Waals surface area contributed by atoms with Crippen LogP contribution in [0, 0.1) is 25.7 Å². The number of ether oxygens (including phenoxy) is 1. The molecule has 2 aliphatic rings. The molecule has 7 heteroatoms. The fourth-order valence-electron chi connectivity index (χ4n) is 5.66. The van der Waals surface area contributed by atoms with Crippen molar-refractivity contribution < 1.29 is 14.3 Å². The number of hydrogen-bond acceptors (Lipinski definition) is 5. The molecule has 0 unspecified atom stereocenters. The van der Waals surface area contributed by atoms with Gasteiger partial charge in [0.2, 0.25) is 5.91 Å². The smallest absolute Gasteiger partial charge is 0.246 e. The van der Waals surface area contributed by atoms with Crippen molar-refractivity contribution >= 4 is 11.7 Å². The van der Waals surface area contributed by atoms with Crippen molar-refractivity contribution in [3.8, 4) is 0 Å². The van der Waals surface area contributed by atoms with Crippen LogP contribution in [0.1, 0.15) is 98.6 Å². The van der Waals surface area contributed by atoms with Gasteiger partial charge in [0.25, 0.3) is 0 Å². The van der Waals surface area contributed by atoms with Crippen LogP contribution in [-0.2, 0) is 20.7 Å². The number of aromatic nitrogens is 3. The molecule has 0 radical (unpaired) electrons. The number of hydrogen-bond donors (Lipinski definition) is 1. The number of carbonyl (C=O) groups is 2. The monoisotopic (exact) mass is 494 g/mol. The number of methoxy groups -OCH3 is 1. The molecule has 1 N–H and O–H groups in total. The van der Waals surface area contributed by atoms with Crippen molar-refractivity contribution in [1.29, 1.82) is 0 Å². The highest BCUT2D eigenvalue weighted by atomic mass is 16.5. The Morgan fingerprint density at radius 3 is 2.56 bits per heavy atom. The molecule has 0 saturated heterocycles. The minimum atomic E-state index is -0.211. The van der Waals surface area contributed by atoms with E-state index in [1.54, 1.807) is 0 Å². The lowest BCUT2D eigenvalue weighted by molar-refractivity contribution is -0.125. The summed E-state index contributed by atoms with van der Waals surface area (Å²) in [5.74, 6) is 3.64. The SMILES string of the molecule is COCC(=O)NC[C@@H](CC(=O)Cc1ccc(C)cc1C)c1nnc(C2CC(CC(C)C)C2)n1C1CC1. The van der Waals surface area contributed by atoms with E-state index in [0.717, 1.165) is 47.5 Å². The maximum atomic E-state index is 13.3. The summed E-state index contributed by atoms with van der Waals surface area (Å²) >= 11 is 0. The Morgan fingerprint density at radius 2 is 1.92 bits per heavy atom. The van der Waals surface area contributed by atoms with Gasteiger partial charge in [-0.1, -0.05) is 37.6 Å². The predicted octanol–water partition coefficient (Wildman–Crippen LogP) is 4.82. The van der Waals surface area contributed by atoms with Crippen LogP contribution in [0.3, 0.4) is 0 Å². The maximum Gasteiger partial charge on any atom is 0.246 e. The first-order chi connectivity index (χ1) is 17.2. The van der Waals surface area contributed by atoms with E-state index in [1.165, 1.54) is 31.9 Å². The van der Waals surface area contributed by atoms with Gasteiger partial charge in [0.15, 0.2) is 0 Å². The summed E-state index contributed by atoms with van der Waals surface area (Å²) in [6.07, 6.45) is 6.57. The molecule has 7 nitrogen and oxygen atoms in total. The molecular formula is C29H42N4O3. The first kappa shape index (κ1) is 26.5. The van der Waals surface area contributed by atoms with Gasteiger partial charge in [0, 0.05) is 44.4 Å². The van der Waals surface area contributed by atoms with Crippen molar-refractivity contribution in [2.24, 2.45) is 11.8 Å². The Morgan fingerprint density at radius 1 is 1.17 bits per heavy atom. The molecular weight excluding hydrogens is 452 g/mol. The molecule has 2 fully saturated rings. The van der Waals surface area contributed by atoms with Gasteiger partial charge in [-0.05, 0) is 68.9 Å². The third-order valence-electron chi connectivity index (χ3n) is 7.61. The van der Waals surface area contributed by atoms with E-state index in [9.17, 15) is 9.59 Å². The van der Waals surface area contributed by atoms with Gasteiger partial charge in [-0.3, -0.25) is 9.59 Å². The lowest BCUT2D eigenvalue weighted by Gasteiger charge is -2.36. The van der Waals surface area contributed by atoms with Crippen LogP contribution in [0.15, 0.2) is 18.2 Å². The van der Waals surface area contributed by atoms with E-state index in [4.69, 9.17) is 4.74 Å². The van der Waals surface area contributed by atoms with Gasteiger partial charge >= 0.3 is 0 Å². The Hall–Kier alpha value is -2.54. The van der Waals surface area contributed by atoms with Crippen LogP contribution in [0.2, 0.25) is 0 Å². The van der Waals surface area contributed by atoms with Crippen LogP contribution in [0.5, 0.6) is 0 Å². The van der Waals surface area contributed by atoms with E-state index < -0.39 is 0 Å². The predicted molar refractivity (Wildman–Crippen MR) is 140 cm³/mol. The first-order valence-corrected chi connectivity index (χ1v) is 13.5. The number of rotatable bonds is 13. The summed E-state index contributed by atoms with van der Waals surface area (Å²) in [6, 6.07) is 6.64. The fraction of sp³-hybridized carbons (Fsp3) is 0.655. The zero-order valence-electron chi connectivity index (χ0n) is 22.5. The van der Waals surface area contributed by atoms with Crippen molar-refractivity contribution in [2.45, 2.75) is 90.5 Å². The summed E-state index contributed by atoms with van der Waals surface area (Å²) in [6.45, 7) is 9.05. The van der Waals surface area contributed by atoms with E-state index in [1.807, 2.05) is 6.07 Å². The molecule has 0 bridgehead atoms. The van der Waals surface area contributed by atoms with Gasteiger partial charge < -0.3 is 14.6 Å². The highest BCUT2D eigenvalue weighted by molar-refractivity contribution is 5.82. The van der Waals surface area contributed by atoms with Crippen LogP contribution in [-0.4, -0.2) is 46.7 Å². The molecule has 0 aliphatic heterocycles. The number of aryl methyl sites for hydroxylation is 2. The van der Waals surface area contributed by atoms with Crippen LogP contribution < -0.4 is 5.32 Å². The molecule has 196 valence electrons. The second-order valence-electron chi connectivity index (χ2n) is 11.5. The van der Waals surface area contributed by atoms with Gasteiger partial charge in [0.05, 0.1) is 0 Å². The number of carbonyl (C=O) groups excluding carboxylic acids is 2. The summed E-state index contributed by atoms with van der Waals surface area (Å²) in [5.41, 5.74) is 3.39. The highest BCUT2D eigenvalue weighted by Gasteiger charge is 2.39. The van der Waals surface area contributed by atoms with E-state index in [2.05, 4.69) is 59.9 Å². The average Bonchev–Trinajstić information content (AvgIpc) is 3.54. The topological polar surface area (TPSA) is 86.1 Å². The second-order valence-corrected chi connectivity index (χ2v) is 11.5. The normalized spacial score (nSPS) is 20.3. The number of nitrogens with zero attached hydrogens (tertiary/aromatic N) is 3. The average molecular weight is 495 g/mol. The Balaban J connectivity index is 1.52. The molecule has 1 heterocycles. The summed E-state index contributed by atoms with van der Waals surface area (Å²) in [7, 11) is 1.51. The van der Waals surface area contributed by atoms with Crippen LogP contribution in [0.4, 0.5) is 0 Å². The lowest BCUT2D eigenvalue weighted by atomic mass is 9.71. The largest absolute Gasteiger partial charge is 0.375 e. The van der Waals surface area contributed by atoms with Gasteiger partial charge in [-0.25, -0.2) is 0 Å². The van der Waals surface area contributed by atoms with E-state index >= 15 is 0 Å². The van der Waals surface area contributed by atoms with Crippen LogP contribution >= 0.6 is 0 Å². The molecule has 1 aromatic heterocycles. The van der Waals surface area contributed by atoms with Crippen molar-refractivity contribution in [3.63, 3.8) is 0 Å². The zero-order chi connectivity index (χ0) is 25.8. The van der Waals surface area contributed by atoms with Crippen molar-refractivity contribution in [2.75, 3.05) is 20.3 Å². The van der Waals surface area contributed by atoms with Gasteiger partial charge in [-0.15, -0.1) is 10.2 Å². The molecule has 0 spiro atoms. The second kappa shape index (κ2) is 11.7. The Labute approximate surface area is 215 Å². The van der Waals surface area contributed by atoms with Crippen molar-refractivity contribution in [1.82, 2.24) is 20.1 Å². The zero-order valence-corrected chi connectivity index (χ0v) is 22.5. The highest BCUT2D eigenvalue weighted by Crippen LogP contribution is 2.47. The summed E-state index contributed by atoms with van der Waals surface area (Å²) < 4.78 is 7.31.